The van der Waals surface area contributed by atoms with Crippen LogP contribution in [0.1, 0.15) is 13.3 Å². The molecule has 0 radical (unpaired) electrons. The molecule has 2 nitrogen and oxygen atoms in total. The maximum atomic E-state index is 12.8. The maximum absolute atomic E-state index is 12.8. The molecule has 0 aliphatic heterocycles. The summed E-state index contributed by atoms with van der Waals surface area (Å²) >= 11 is 0. The van der Waals surface area contributed by atoms with Gasteiger partial charge in [-0.3, -0.25) is 0 Å². The van der Waals surface area contributed by atoms with E-state index in [4.69, 9.17) is 10.2 Å². The van der Waals surface area contributed by atoms with Gasteiger partial charge in [0.2, 0.25) is 0 Å². The van der Waals surface area contributed by atoms with E-state index in [9.17, 15) is 4.39 Å². The van der Waals surface area contributed by atoms with E-state index in [1.54, 1.807) is 6.92 Å². The highest BCUT2D eigenvalue weighted by Crippen LogP contribution is 2.32. The van der Waals surface area contributed by atoms with Crippen molar-refractivity contribution in [2.75, 3.05) is 6.61 Å². The topological polar surface area (TPSA) is 40.5 Å². The summed E-state index contributed by atoms with van der Waals surface area (Å²) in [6.45, 7) is 1.65. The lowest BCUT2D eigenvalue weighted by molar-refractivity contribution is 0.0402. The zero-order valence-corrected chi connectivity index (χ0v) is 6.00. The van der Waals surface area contributed by atoms with Crippen molar-refractivity contribution in [2.24, 2.45) is 11.8 Å². The smallest absolute Gasteiger partial charge is 0.129 e. The summed E-state index contributed by atoms with van der Waals surface area (Å²) in [6, 6.07) is 0. The van der Waals surface area contributed by atoms with Crippen LogP contribution in [-0.2, 0) is 0 Å². The predicted octanol–water partition coefficient (Wildman–Crippen LogP) is 0.334. The van der Waals surface area contributed by atoms with Crippen LogP contribution in [0.5, 0.6) is 0 Å². The molecule has 1 saturated carbocycles. The van der Waals surface area contributed by atoms with E-state index in [-0.39, 0.29) is 18.4 Å². The minimum atomic E-state index is -1.14. The van der Waals surface area contributed by atoms with Crippen molar-refractivity contribution >= 4 is 0 Å². The zero-order valence-electron chi connectivity index (χ0n) is 6.00. The van der Waals surface area contributed by atoms with Crippen LogP contribution in [0.25, 0.3) is 0 Å². The van der Waals surface area contributed by atoms with E-state index in [0.717, 1.165) is 0 Å². The molecular formula is C7H13FO2. The lowest BCUT2D eigenvalue weighted by Gasteiger charge is -2.11. The van der Waals surface area contributed by atoms with Gasteiger partial charge in [-0.2, -0.15) is 0 Å². The Morgan fingerprint density at radius 3 is 2.40 bits per heavy atom. The van der Waals surface area contributed by atoms with Gasteiger partial charge in [-0.25, -0.2) is 4.39 Å². The average molecular weight is 148 g/mol. The van der Waals surface area contributed by atoms with Gasteiger partial charge in [0.1, 0.15) is 6.17 Å². The zero-order chi connectivity index (χ0) is 7.72. The molecule has 1 aliphatic carbocycles. The molecule has 0 unspecified atom stereocenters. The lowest BCUT2D eigenvalue weighted by Crippen LogP contribution is -2.25. The number of rotatable bonds is 1. The molecular weight excluding hydrogens is 135 g/mol. The van der Waals surface area contributed by atoms with Crippen LogP contribution >= 0.6 is 0 Å². The van der Waals surface area contributed by atoms with E-state index in [1.807, 2.05) is 0 Å². The number of aliphatic hydroxyl groups excluding tert-OH is 2. The average Bonchev–Trinajstić information content (AvgIpc) is 2.17. The van der Waals surface area contributed by atoms with Gasteiger partial charge in [0.05, 0.1) is 6.10 Å². The van der Waals surface area contributed by atoms with Gasteiger partial charge >= 0.3 is 0 Å². The van der Waals surface area contributed by atoms with Crippen LogP contribution in [0.4, 0.5) is 4.39 Å². The minimum Gasteiger partial charge on any atom is -0.396 e. The van der Waals surface area contributed by atoms with E-state index in [1.165, 1.54) is 0 Å². The Bertz CT molecular complexity index is 118. The van der Waals surface area contributed by atoms with E-state index >= 15 is 0 Å². The summed E-state index contributed by atoms with van der Waals surface area (Å²) in [6.07, 6.45) is -1.49. The normalized spacial score (nSPS) is 48.0. The second-order valence-electron chi connectivity index (χ2n) is 3.09. The molecule has 1 aliphatic rings. The van der Waals surface area contributed by atoms with Crippen LogP contribution in [0.2, 0.25) is 0 Å². The fourth-order valence-corrected chi connectivity index (χ4v) is 1.53. The Balaban J connectivity index is 2.53. The van der Waals surface area contributed by atoms with Crippen LogP contribution in [0, 0.1) is 11.8 Å². The van der Waals surface area contributed by atoms with Crippen molar-refractivity contribution in [1.82, 2.24) is 0 Å². The summed E-state index contributed by atoms with van der Waals surface area (Å²) in [5.74, 6) is -0.350. The van der Waals surface area contributed by atoms with Crippen LogP contribution < -0.4 is 0 Å². The third kappa shape index (κ3) is 1.16. The number of hydrogen-bond acceptors (Lipinski definition) is 2. The molecule has 0 amide bonds. The minimum absolute atomic E-state index is 0.104. The van der Waals surface area contributed by atoms with E-state index < -0.39 is 12.3 Å². The third-order valence-electron chi connectivity index (χ3n) is 2.26. The van der Waals surface area contributed by atoms with Crippen molar-refractivity contribution in [3.8, 4) is 0 Å². The van der Waals surface area contributed by atoms with E-state index in [0.29, 0.717) is 6.42 Å². The molecule has 1 rings (SSSR count). The number of alkyl halides is 1. The van der Waals surface area contributed by atoms with Gasteiger partial charge in [-0.15, -0.1) is 0 Å². The van der Waals surface area contributed by atoms with Crippen LogP contribution in [0.15, 0.2) is 0 Å². The molecule has 60 valence electrons. The van der Waals surface area contributed by atoms with Gasteiger partial charge in [-0.1, -0.05) is 6.92 Å². The molecule has 0 heterocycles. The highest BCUT2D eigenvalue weighted by atomic mass is 19.1. The van der Waals surface area contributed by atoms with Gasteiger partial charge < -0.3 is 10.2 Å². The van der Waals surface area contributed by atoms with Gasteiger partial charge in [0, 0.05) is 12.5 Å². The number of hydrogen-bond donors (Lipinski definition) is 2. The predicted molar refractivity (Wildman–Crippen MR) is 35.3 cm³/mol. The molecule has 0 bridgehead atoms. The Labute approximate surface area is 59.7 Å². The second kappa shape index (κ2) is 2.84. The molecule has 0 aromatic carbocycles. The van der Waals surface area contributed by atoms with Crippen molar-refractivity contribution in [3.05, 3.63) is 0 Å². The molecule has 10 heavy (non-hydrogen) atoms. The Morgan fingerprint density at radius 2 is 2.20 bits per heavy atom. The SMILES string of the molecule is C[C@@H]1C[C@H](CO)[C@@H](O)[C@H]1F. The molecule has 4 atom stereocenters. The number of aliphatic hydroxyl groups is 2. The standard InChI is InChI=1S/C7H13FO2/c1-4-2-5(3-9)7(10)6(4)8/h4-7,9-10H,2-3H2,1H3/t4-,5-,6+,7-/m1/s1. The third-order valence-corrected chi connectivity index (χ3v) is 2.26. The maximum Gasteiger partial charge on any atom is 0.129 e. The summed E-state index contributed by atoms with van der Waals surface area (Å²) < 4.78 is 12.8. The van der Waals surface area contributed by atoms with Crippen molar-refractivity contribution in [3.63, 3.8) is 0 Å². The van der Waals surface area contributed by atoms with Crippen molar-refractivity contribution < 1.29 is 14.6 Å². The lowest BCUT2D eigenvalue weighted by atomic mass is 10.1. The number of halogens is 1. The fraction of sp³-hybridized carbons (Fsp3) is 1.00. The largest absolute Gasteiger partial charge is 0.396 e. The van der Waals surface area contributed by atoms with Gasteiger partial charge in [-0.05, 0) is 12.3 Å². The molecule has 2 N–H and O–H groups in total. The molecule has 1 fully saturated rings. The Kier molecular flexibility index (Phi) is 2.26. The van der Waals surface area contributed by atoms with E-state index in [2.05, 4.69) is 0 Å². The summed E-state index contributed by atoms with van der Waals surface area (Å²) in [5.41, 5.74) is 0. The molecule has 3 heteroatoms. The Hall–Kier alpha value is -0.150. The first-order valence-corrected chi connectivity index (χ1v) is 3.59. The summed E-state index contributed by atoms with van der Waals surface area (Å²) in [5, 5.41) is 17.7. The molecule has 0 aromatic heterocycles. The first-order chi connectivity index (χ1) is 4.66. The fourth-order valence-electron chi connectivity index (χ4n) is 1.53. The summed E-state index contributed by atoms with van der Waals surface area (Å²) in [7, 11) is 0. The van der Waals surface area contributed by atoms with Crippen LogP contribution in [-0.4, -0.2) is 29.1 Å². The highest BCUT2D eigenvalue weighted by molar-refractivity contribution is 4.88. The Morgan fingerprint density at radius 1 is 1.60 bits per heavy atom. The molecule has 0 saturated heterocycles. The van der Waals surface area contributed by atoms with Crippen LogP contribution in [0.3, 0.4) is 0 Å². The highest BCUT2D eigenvalue weighted by Gasteiger charge is 2.39. The van der Waals surface area contributed by atoms with Gasteiger partial charge in [0.25, 0.3) is 0 Å². The summed E-state index contributed by atoms with van der Waals surface area (Å²) in [4.78, 5) is 0. The first-order valence-electron chi connectivity index (χ1n) is 3.59. The van der Waals surface area contributed by atoms with Crippen molar-refractivity contribution in [1.29, 1.82) is 0 Å². The second-order valence-corrected chi connectivity index (χ2v) is 3.09. The van der Waals surface area contributed by atoms with Crippen molar-refractivity contribution in [2.45, 2.75) is 25.6 Å². The first kappa shape index (κ1) is 7.95. The molecule has 0 spiro atoms. The quantitative estimate of drug-likeness (QED) is 0.562. The monoisotopic (exact) mass is 148 g/mol. The molecule has 0 aromatic rings. The van der Waals surface area contributed by atoms with Gasteiger partial charge in [0.15, 0.2) is 0 Å².